The Bertz CT molecular complexity index is 812. The minimum absolute atomic E-state index is 0.0622. The van der Waals surface area contributed by atoms with Gasteiger partial charge in [0.1, 0.15) is 19.2 Å². The summed E-state index contributed by atoms with van der Waals surface area (Å²) in [6.07, 6.45) is -0.719. The van der Waals surface area contributed by atoms with Crippen LogP contribution >= 0.6 is 0 Å². The number of amides is 1. The van der Waals surface area contributed by atoms with E-state index in [0.29, 0.717) is 16.8 Å². The lowest BCUT2D eigenvalue weighted by Crippen LogP contribution is -2.37. The molecule has 0 saturated heterocycles. The van der Waals surface area contributed by atoms with Gasteiger partial charge in [0.2, 0.25) is 0 Å². The van der Waals surface area contributed by atoms with E-state index in [1.165, 1.54) is 0 Å². The molecule has 0 atom stereocenters. The molecule has 0 bridgehead atoms. The van der Waals surface area contributed by atoms with Crippen LogP contribution in [0.3, 0.4) is 0 Å². The van der Waals surface area contributed by atoms with Gasteiger partial charge in [0.15, 0.2) is 0 Å². The number of nitrogens with zero attached hydrogens (tertiary/aromatic N) is 2. The summed E-state index contributed by atoms with van der Waals surface area (Å²) in [6, 6.07) is 16.4. The molecule has 26 heavy (non-hydrogen) atoms. The number of nitriles is 1. The average molecular weight is 352 g/mol. The van der Waals surface area contributed by atoms with Gasteiger partial charge < -0.3 is 9.47 Å². The first-order chi connectivity index (χ1) is 12.6. The smallest absolute Gasteiger partial charge is 0.415 e. The maximum atomic E-state index is 12.6. The lowest BCUT2D eigenvalue weighted by atomic mass is 10.1. The zero-order chi connectivity index (χ0) is 18.9. The van der Waals surface area contributed by atoms with E-state index in [4.69, 9.17) is 9.47 Å². The van der Waals surface area contributed by atoms with E-state index in [-0.39, 0.29) is 19.8 Å². The third-order valence-corrected chi connectivity index (χ3v) is 3.67. The predicted octanol–water partition coefficient (Wildman–Crippen LogP) is 3.57. The Morgan fingerprint density at radius 3 is 2.46 bits per heavy atom. The zero-order valence-corrected chi connectivity index (χ0v) is 14.8. The standard InChI is InChI=1S/C20H20N2O4/c1-3-25-19(23)13-22(18-11-7-8-15(2)17(18)12-21)20(24)26-14-16-9-5-4-6-10-16/h4-11H,3,13-14H2,1-2H3. The lowest BCUT2D eigenvalue weighted by molar-refractivity contribution is -0.141. The van der Waals surface area contributed by atoms with E-state index < -0.39 is 12.1 Å². The van der Waals surface area contributed by atoms with Gasteiger partial charge >= 0.3 is 12.1 Å². The van der Waals surface area contributed by atoms with Crippen LogP contribution in [0, 0.1) is 18.3 Å². The topological polar surface area (TPSA) is 79.6 Å². The monoisotopic (exact) mass is 352 g/mol. The van der Waals surface area contributed by atoms with E-state index in [9.17, 15) is 14.9 Å². The molecule has 2 rings (SSSR count). The molecule has 0 aliphatic heterocycles. The minimum atomic E-state index is -0.719. The Hall–Kier alpha value is -3.33. The first-order valence-electron chi connectivity index (χ1n) is 8.20. The lowest BCUT2D eigenvalue weighted by Gasteiger charge is -2.23. The van der Waals surface area contributed by atoms with Gasteiger partial charge in [-0.25, -0.2) is 4.79 Å². The maximum Gasteiger partial charge on any atom is 0.415 e. The Morgan fingerprint density at radius 1 is 1.08 bits per heavy atom. The third-order valence-electron chi connectivity index (χ3n) is 3.67. The number of carbonyl (C=O) groups excluding carboxylic acids is 2. The van der Waals surface area contributed by atoms with E-state index in [1.807, 2.05) is 30.3 Å². The summed E-state index contributed by atoms with van der Waals surface area (Å²) >= 11 is 0. The van der Waals surface area contributed by atoms with Gasteiger partial charge in [0, 0.05) is 0 Å². The van der Waals surface area contributed by atoms with Gasteiger partial charge in [-0.3, -0.25) is 9.69 Å². The number of hydrogen-bond donors (Lipinski definition) is 0. The Morgan fingerprint density at radius 2 is 1.81 bits per heavy atom. The van der Waals surface area contributed by atoms with Crippen LogP contribution in [0.1, 0.15) is 23.6 Å². The summed E-state index contributed by atoms with van der Waals surface area (Å²) in [7, 11) is 0. The third kappa shape index (κ3) is 4.84. The van der Waals surface area contributed by atoms with Crippen molar-refractivity contribution in [1.82, 2.24) is 0 Å². The summed E-state index contributed by atoms with van der Waals surface area (Å²) in [5, 5.41) is 9.43. The first kappa shape index (κ1) is 19.0. The molecule has 0 saturated carbocycles. The van der Waals surface area contributed by atoms with Crippen LogP contribution in [0.15, 0.2) is 48.5 Å². The van der Waals surface area contributed by atoms with Crippen molar-refractivity contribution >= 4 is 17.7 Å². The molecule has 134 valence electrons. The summed E-state index contributed by atoms with van der Waals surface area (Å²) in [5.74, 6) is -0.574. The van der Waals surface area contributed by atoms with Crippen molar-refractivity contribution in [3.05, 3.63) is 65.2 Å². The number of ether oxygens (including phenoxy) is 2. The normalized spacial score (nSPS) is 9.88. The molecule has 2 aromatic carbocycles. The molecule has 0 unspecified atom stereocenters. The Kier molecular flexibility index (Phi) is 6.75. The second-order valence-electron chi connectivity index (χ2n) is 5.51. The molecule has 0 aromatic heterocycles. The van der Waals surface area contributed by atoms with Crippen LogP contribution in [0.2, 0.25) is 0 Å². The molecule has 1 amide bonds. The molecule has 0 aliphatic carbocycles. The van der Waals surface area contributed by atoms with E-state index in [0.717, 1.165) is 10.5 Å². The van der Waals surface area contributed by atoms with Crippen LogP contribution in [0.25, 0.3) is 0 Å². The molecule has 0 radical (unpaired) electrons. The van der Waals surface area contributed by atoms with Crippen molar-refractivity contribution in [2.45, 2.75) is 20.5 Å². The number of rotatable bonds is 6. The van der Waals surface area contributed by atoms with Gasteiger partial charge in [-0.05, 0) is 31.0 Å². The number of anilines is 1. The molecule has 0 aliphatic rings. The molecule has 0 spiro atoms. The summed E-state index contributed by atoms with van der Waals surface area (Å²) < 4.78 is 10.3. The zero-order valence-electron chi connectivity index (χ0n) is 14.8. The van der Waals surface area contributed by atoms with Crippen LogP contribution in [-0.2, 0) is 20.9 Å². The second kappa shape index (κ2) is 9.23. The minimum Gasteiger partial charge on any atom is -0.465 e. The highest BCUT2D eigenvalue weighted by atomic mass is 16.6. The van der Waals surface area contributed by atoms with Crippen molar-refractivity contribution in [3.8, 4) is 6.07 Å². The number of carbonyl (C=O) groups is 2. The average Bonchev–Trinajstić information content (AvgIpc) is 2.65. The van der Waals surface area contributed by atoms with Crippen molar-refractivity contribution in [1.29, 1.82) is 5.26 Å². The van der Waals surface area contributed by atoms with Crippen molar-refractivity contribution < 1.29 is 19.1 Å². The number of hydrogen-bond acceptors (Lipinski definition) is 5. The molecule has 0 N–H and O–H groups in total. The van der Waals surface area contributed by atoms with Crippen LogP contribution in [-0.4, -0.2) is 25.2 Å². The van der Waals surface area contributed by atoms with E-state index >= 15 is 0 Å². The summed E-state index contributed by atoms with van der Waals surface area (Å²) in [4.78, 5) is 25.7. The molecule has 0 fully saturated rings. The van der Waals surface area contributed by atoms with Crippen molar-refractivity contribution in [3.63, 3.8) is 0 Å². The second-order valence-corrected chi connectivity index (χ2v) is 5.51. The van der Waals surface area contributed by atoms with Crippen LogP contribution in [0.4, 0.5) is 10.5 Å². The molecule has 6 nitrogen and oxygen atoms in total. The summed E-state index contributed by atoms with van der Waals surface area (Å²) in [6.45, 7) is 3.38. The number of aryl methyl sites for hydroxylation is 1. The molecular weight excluding hydrogens is 332 g/mol. The molecule has 0 heterocycles. The highest BCUT2D eigenvalue weighted by Gasteiger charge is 2.24. The van der Waals surface area contributed by atoms with Gasteiger partial charge in [0.05, 0.1) is 17.9 Å². The molecular formula is C20H20N2O4. The highest BCUT2D eigenvalue weighted by molar-refractivity contribution is 5.95. The van der Waals surface area contributed by atoms with Gasteiger partial charge in [-0.15, -0.1) is 0 Å². The van der Waals surface area contributed by atoms with Crippen molar-refractivity contribution in [2.24, 2.45) is 0 Å². The van der Waals surface area contributed by atoms with Crippen LogP contribution < -0.4 is 4.90 Å². The Balaban J connectivity index is 2.26. The Labute approximate surface area is 152 Å². The van der Waals surface area contributed by atoms with Gasteiger partial charge in [-0.1, -0.05) is 42.5 Å². The highest BCUT2D eigenvalue weighted by Crippen LogP contribution is 2.24. The summed E-state index contributed by atoms with van der Waals surface area (Å²) in [5.41, 5.74) is 2.16. The van der Waals surface area contributed by atoms with E-state index in [1.54, 1.807) is 32.0 Å². The molecule has 6 heteroatoms. The van der Waals surface area contributed by atoms with E-state index in [2.05, 4.69) is 6.07 Å². The number of benzene rings is 2. The maximum absolute atomic E-state index is 12.6. The quantitative estimate of drug-likeness (QED) is 0.743. The SMILES string of the molecule is CCOC(=O)CN(C(=O)OCc1ccccc1)c1cccc(C)c1C#N. The van der Waals surface area contributed by atoms with Crippen molar-refractivity contribution in [2.75, 3.05) is 18.1 Å². The molecule has 2 aromatic rings. The first-order valence-corrected chi connectivity index (χ1v) is 8.20. The fourth-order valence-electron chi connectivity index (χ4n) is 2.40. The van der Waals surface area contributed by atoms with Crippen LogP contribution in [0.5, 0.6) is 0 Å². The fourth-order valence-corrected chi connectivity index (χ4v) is 2.40. The predicted molar refractivity (Wildman–Crippen MR) is 96.5 cm³/mol. The fraction of sp³-hybridized carbons (Fsp3) is 0.250. The number of esters is 1. The van der Waals surface area contributed by atoms with Gasteiger partial charge in [-0.2, -0.15) is 5.26 Å². The van der Waals surface area contributed by atoms with Gasteiger partial charge in [0.25, 0.3) is 0 Å². The largest absolute Gasteiger partial charge is 0.465 e.